The van der Waals surface area contributed by atoms with Crippen LogP contribution in [0.3, 0.4) is 0 Å². The van der Waals surface area contributed by atoms with E-state index in [-0.39, 0.29) is 11.3 Å². The van der Waals surface area contributed by atoms with E-state index in [4.69, 9.17) is 5.73 Å². The molecule has 2 rings (SSSR count). The SMILES string of the molecule is Cc1cnc(SCC(N)c2ccccc2C(F)(F)F)nc1. The Morgan fingerprint density at radius 3 is 2.43 bits per heavy atom. The molecule has 3 nitrogen and oxygen atoms in total. The second kappa shape index (κ2) is 6.44. The van der Waals surface area contributed by atoms with Crippen LogP contribution in [0.15, 0.2) is 41.8 Å². The van der Waals surface area contributed by atoms with Crippen molar-refractivity contribution in [3.8, 4) is 0 Å². The lowest BCUT2D eigenvalue weighted by molar-refractivity contribution is -0.138. The van der Waals surface area contributed by atoms with Crippen LogP contribution in [0.4, 0.5) is 13.2 Å². The van der Waals surface area contributed by atoms with Gasteiger partial charge in [0.1, 0.15) is 0 Å². The molecule has 0 amide bonds. The fourth-order valence-electron chi connectivity index (χ4n) is 1.79. The maximum Gasteiger partial charge on any atom is 0.416 e. The van der Waals surface area contributed by atoms with Crippen molar-refractivity contribution < 1.29 is 13.2 Å². The van der Waals surface area contributed by atoms with Gasteiger partial charge in [0.2, 0.25) is 0 Å². The smallest absolute Gasteiger partial charge is 0.323 e. The Hall–Kier alpha value is -1.60. The molecule has 0 saturated carbocycles. The van der Waals surface area contributed by atoms with E-state index in [0.29, 0.717) is 5.16 Å². The van der Waals surface area contributed by atoms with Crippen molar-refractivity contribution in [3.63, 3.8) is 0 Å². The third-order valence-corrected chi connectivity index (χ3v) is 3.81. The lowest BCUT2D eigenvalue weighted by Gasteiger charge is -2.17. The quantitative estimate of drug-likeness (QED) is 0.692. The summed E-state index contributed by atoms with van der Waals surface area (Å²) in [5.74, 6) is 0.274. The van der Waals surface area contributed by atoms with Crippen LogP contribution in [0.2, 0.25) is 0 Å². The van der Waals surface area contributed by atoms with Gasteiger partial charge in [0.05, 0.1) is 5.56 Å². The number of aromatic nitrogens is 2. The molecule has 0 aliphatic heterocycles. The summed E-state index contributed by atoms with van der Waals surface area (Å²) < 4.78 is 38.8. The van der Waals surface area contributed by atoms with Gasteiger partial charge in [0.25, 0.3) is 0 Å². The van der Waals surface area contributed by atoms with Crippen LogP contribution in [-0.2, 0) is 6.18 Å². The minimum absolute atomic E-state index is 0.0876. The number of aryl methyl sites for hydroxylation is 1. The molecule has 2 aromatic rings. The van der Waals surface area contributed by atoms with Crippen molar-refractivity contribution in [3.05, 3.63) is 53.3 Å². The Bertz CT molecular complexity index is 599. The predicted molar refractivity (Wildman–Crippen MR) is 75.9 cm³/mol. The summed E-state index contributed by atoms with van der Waals surface area (Å²) in [6.07, 6.45) is -1.09. The molecule has 0 fully saturated rings. The maximum atomic E-state index is 12.9. The fourth-order valence-corrected chi connectivity index (χ4v) is 2.55. The number of benzene rings is 1. The van der Waals surface area contributed by atoms with Crippen molar-refractivity contribution >= 4 is 11.8 Å². The van der Waals surface area contributed by atoms with Crippen molar-refractivity contribution in [2.24, 2.45) is 5.73 Å². The highest BCUT2D eigenvalue weighted by Gasteiger charge is 2.34. The van der Waals surface area contributed by atoms with E-state index in [1.807, 2.05) is 6.92 Å². The molecule has 1 aromatic heterocycles. The summed E-state index contributed by atoms with van der Waals surface area (Å²) >= 11 is 1.24. The van der Waals surface area contributed by atoms with Crippen LogP contribution in [0, 0.1) is 6.92 Å². The van der Waals surface area contributed by atoms with E-state index in [0.717, 1.165) is 11.6 Å². The molecule has 0 spiro atoms. The van der Waals surface area contributed by atoms with E-state index in [1.54, 1.807) is 18.5 Å². The second-order valence-corrected chi connectivity index (χ2v) is 5.53. The molecule has 0 saturated heterocycles. The lowest BCUT2D eigenvalue weighted by Crippen LogP contribution is -2.19. The molecule has 1 atom stereocenters. The second-order valence-electron chi connectivity index (χ2n) is 4.55. The Balaban J connectivity index is 2.10. The van der Waals surface area contributed by atoms with E-state index in [1.165, 1.54) is 23.9 Å². The van der Waals surface area contributed by atoms with E-state index >= 15 is 0 Å². The van der Waals surface area contributed by atoms with Crippen LogP contribution in [0.1, 0.15) is 22.7 Å². The highest BCUT2D eigenvalue weighted by molar-refractivity contribution is 7.99. The molecule has 1 heterocycles. The van der Waals surface area contributed by atoms with Gasteiger partial charge in [-0.1, -0.05) is 30.0 Å². The van der Waals surface area contributed by atoms with Crippen molar-refractivity contribution in [1.82, 2.24) is 9.97 Å². The molecule has 1 unspecified atom stereocenters. The standard InChI is InChI=1S/C14H14F3N3S/c1-9-6-19-13(20-7-9)21-8-12(18)10-4-2-3-5-11(10)14(15,16)17/h2-7,12H,8,18H2,1H3. The molecule has 21 heavy (non-hydrogen) atoms. The Morgan fingerprint density at radius 1 is 1.19 bits per heavy atom. The topological polar surface area (TPSA) is 51.8 Å². The molecule has 112 valence electrons. The number of nitrogens with two attached hydrogens (primary N) is 1. The Labute approximate surface area is 124 Å². The first-order valence-corrected chi connectivity index (χ1v) is 7.19. The summed E-state index contributed by atoms with van der Waals surface area (Å²) in [5, 5.41) is 0.500. The van der Waals surface area contributed by atoms with E-state index < -0.39 is 17.8 Å². The first-order valence-electron chi connectivity index (χ1n) is 6.21. The fraction of sp³-hybridized carbons (Fsp3) is 0.286. The molecular formula is C14H14F3N3S. The van der Waals surface area contributed by atoms with E-state index in [2.05, 4.69) is 9.97 Å². The Morgan fingerprint density at radius 2 is 1.81 bits per heavy atom. The Kier molecular flexibility index (Phi) is 4.84. The van der Waals surface area contributed by atoms with Crippen LogP contribution < -0.4 is 5.73 Å². The molecule has 7 heteroatoms. The summed E-state index contributed by atoms with van der Waals surface area (Å²) in [6.45, 7) is 1.86. The number of thioether (sulfide) groups is 1. The molecule has 0 radical (unpaired) electrons. The monoisotopic (exact) mass is 313 g/mol. The number of rotatable bonds is 4. The van der Waals surface area contributed by atoms with Crippen molar-refractivity contribution in [2.45, 2.75) is 24.3 Å². The normalized spacial score (nSPS) is 13.2. The van der Waals surface area contributed by atoms with Gasteiger partial charge in [-0.25, -0.2) is 9.97 Å². The molecular weight excluding hydrogens is 299 g/mol. The highest BCUT2D eigenvalue weighted by Crippen LogP contribution is 2.35. The summed E-state index contributed by atoms with van der Waals surface area (Å²) in [7, 11) is 0. The zero-order valence-corrected chi connectivity index (χ0v) is 12.1. The molecule has 0 aliphatic rings. The molecule has 0 bridgehead atoms. The molecule has 1 aromatic carbocycles. The number of alkyl halides is 3. The third-order valence-electron chi connectivity index (χ3n) is 2.81. The van der Waals surface area contributed by atoms with E-state index in [9.17, 15) is 13.2 Å². The summed E-state index contributed by atoms with van der Waals surface area (Å²) in [6, 6.07) is 4.62. The van der Waals surface area contributed by atoms with Crippen molar-refractivity contribution in [1.29, 1.82) is 0 Å². The maximum absolute atomic E-state index is 12.9. The minimum atomic E-state index is -4.40. The number of nitrogens with zero attached hydrogens (tertiary/aromatic N) is 2. The highest BCUT2D eigenvalue weighted by atomic mass is 32.2. The van der Waals surface area contributed by atoms with Gasteiger partial charge in [-0.15, -0.1) is 0 Å². The van der Waals surface area contributed by atoms with Crippen molar-refractivity contribution in [2.75, 3.05) is 5.75 Å². The van der Waals surface area contributed by atoms with Crippen LogP contribution in [0.25, 0.3) is 0 Å². The van der Waals surface area contributed by atoms with Gasteiger partial charge in [-0.3, -0.25) is 0 Å². The van der Waals surface area contributed by atoms with Crippen LogP contribution in [0.5, 0.6) is 0 Å². The minimum Gasteiger partial charge on any atom is -0.323 e. The van der Waals surface area contributed by atoms with Gasteiger partial charge in [0.15, 0.2) is 5.16 Å². The van der Waals surface area contributed by atoms with Crippen LogP contribution >= 0.6 is 11.8 Å². The van der Waals surface area contributed by atoms with Gasteiger partial charge in [0, 0.05) is 24.2 Å². The number of halogens is 3. The van der Waals surface area contributed by atoms with Crippen LogP contribution in [-0.4, -0.2) is 15.7 Å². The first-order chi connectivity index (χ1) is 9.88. The number of hydrogen-bond donors (Lipinski definition) is 1. The third kappa shape index (κ3) is 4.18. The summed E-state index contributed by atoms with van der Waals surface area (Å²) in [5.41, 5.74) is 6.21. The van der Waals surface area contributed by atoms with Gasteiger partial charge >= 0.3 is 6.18 Å². The predicted octanol–water partition coefficient (Wildman–Crippen LogP) is 3.60. The number of hydrogen-bond acceptors (Lipinski definition) is 4. The zero-order chi connectivity index (χ0) is 15.5. The zero-order valence-electron chi connectivity index (χ0n) is 11.3. The average Bonchev–Trinajstić information content (AvgIpc) is 2.45. The average molecular weight is 313 g/mol. The summed E-state index contributed by atoms with van der Waals surface area (Å²) in [4.78, 5) is 8.18. The van der Waals surface area contributed by atoms with Gasteiger partial charge in [-0.05, 0) is 24.1 Å². The van der Waals surface area contributed by atoms with Gasteiger partial charge in [-0.2, -0.15) is 13.2 Å². The first kappa shape index (κ1) is 15.8. The molecule has 2 N–H and O–H groups in total. The largest absolute Gasteiger partial charge is 0.416 e. The molecule has 0 aliphatic carbocycles. The van der Waals surface area contributed by atoms with Gasteiger partial charge < -0.3 is 5.73 Å². The lowest BCUT2D eigenvalue weighted by atomic mass is 10.0.